The Morgan fingerprint density at radius 2 is 1.33 bits per heavy atom. The summed E-state index contributed by atoms with van der Waals surface area (Å²) in [7, 11) is 0. The highest BCUT2D eigenvalue weighted by molar-refractivity contribution is 6.32. The summed E-state index contributed by atoms with van der Waals surface area (Å²) in [5.74, 6) is 0.500. The summed E-state index contributed by atoms with van der Waals surface area (Å²) in [6, 6.07) is 19.0. The Balaban J connectivity index is 1.80. The Morgan fingerprint density at radius 1 is 0.758 bits per heavy atom. The van der Waals surface area contributed by atoms with Gasteiger partial charge in [-0.2, -0.15) is 0 Å². The van der Waals surface area contributed by atoms with Crippen LogP contribution in [0.3, 0.4) is 0 Å². The summed E-state index contributed by atoms with van der Waals surface area (Å²) in [6.07, 6.45) is 0. The minimum atomic E-state index is -0.403. The van der Waals surface area contributed by atoms with E-state index in [-0.39, 0.29) is 12.5 Å². The molecule has 0 heterocycles. The smallest absolute Gasteiger partial charge is 0.262 e. The van der Waals surface area contributed by atoms with Gasteiger partial charge in [-0.15, -0.1) is 0 Å². The van der Waals surface area contributed by atoms with Crippen molar-refractivity contribution in [3.05, 3.63) is 77.3 Å². The van der Waals surface area contributed by atoms with Gasteiger partial charge < -0.3 is 24.8 Å². The SMILES string of the molecule is CCOc1cc(NC(=O)c2ccccc2)c(OCC)cc1NC(=O)COc1ccccc1Cl. The Kier molecular flexibility index (Phi) is 8.55. The fourth-order valence-electron chi connectivity index (χ4n) is 2.98. The van der Waals surface area contributed by atoms with Gasteiger partial charge in [-0.05, 0) is 38.1 Å². The highest BCUT2D eigenvalue weighted by Crippen LogP contribution is 2.37. The predicted octanol–water partition coefficient (Wildman–Crippen LogP) is 5.41. The van der Waals surface area contributed by atoms with Crippen LogP contribution in [0, 0.1) is 0 Å². The number of hydrogen-bond acceptors (Lipinski definition) is 5. The fourth-order valence-corrected chi connectivity index (χ4v) is 3.17. The first-order chi connectivity index (χ1) is 16.0. The molecule has 0 radical (unpaired) electrons. The van der Waals surface area contributed by atoms with Crippen molar-refractivity contribution in [3.63, 3.8) is 0 Å². The monoisotopic (exact) mass is 468 g/mol. The third-order valence-corrected chi connectivity index (χ3v) is 4.75. The number of amides is 2. The zero-order valence-electron chi connectivity index (χ0n) is 18.4. The van der Waals surface area contributed by atoms with Crippen LogP contribution in [0.25, 0.3) is 0 Å². The number of nitrogens with one attached hydrogen (secondary N) is 2. The first-order valence-corrected chi connectivity index (χ1v) is 10.9. The highest BCUT2D eigenvalue weighted by Gasteiger charge is 2.17. The average Bonchev–Trinajstić information content (AvgIpc) is 2.82. The van der Waals surface area contributed by atoms with Crippen LogP contribution in [0.1, 0.15) is 24.2 Å². The first kappa shape index (κ1) is 23.9. The molecule has 0 aliphatic heterocycles. The van der Waals surface area contributed by atoms with Crippen molar-refractivity contribution in [1.29, 1.82) is 0 Å². The van der Waals surface area contributed by atoms with Gasteiger partial charge in [0.15, 0.2) is 6.61 Å². The summed E-state index contributed by atoms with van der Waals surface area (Å²) in [5, 5.41) is 6.03. The van der Waals surface area contributed by atoms with Gasteiger partial charge in [-0.3, -0.25) is 9.59 Å². The molecule has 33 heavy (non-hydrogen) atoms. The largest absolute Gasteiger partial charge is 0.492 e. The number of para-hydroxylation sites is 1. The molecular weight excluding hydrogens is 444 g/mol. The summed E-state index contributed by atoms with van der Waals surface area (Å²) in [5.41, 5.74) is 1.33. The molecule has 172 valence electrons. The number of carbonyl (C=O) groups excluding carboxylic acids is 2. The number of rotatable bonds is 10. The number of benzene rings is 3. The van der Waals surface area contributed by atoms with Crippen molar-refractivity contribution in [1.82, 2.24) is 0 Å². The van der Waals surface area contributed by atoms with Crippen LogP contribution in [-0.2, 0) is 4.79 Å². The third kappa shape index (κ3) is 6.63. The zero-order valence-corrected chi connectivity index (χ0v) is 19.1. The van der Waals surface area contributed by atoms with Crippen LogP contribution in [0.5, 0.6) is 17.2 Å². The van der Waals surface area contributed by atoms with Crippen molar-refractivity contribution in [2.75, 3.05) is 30.5 Å². The lowest BCUT2D eigenvalue weighted by Gasteiger charge is -2.18. The zero-order chi connectivity index (χ0) is 23.6. The standard InChI is InChI=1S/C25H25ClN2O5/c1-3-31-22-15-20(28-25(30)17-10-6-5-7-11-17)23(32-4-2)14-19(22)27-24(29)16-33-21-13-9-8-12-18(21)26/h5-15H,3-4,16H2,1-2H3,(H,27,29)(H,28,30). The van der Waals surface area contributed by atoms with E-state index in [2.05, 4.69) is 10.6 Å². The number of hydrogen-bond donors (Lipinski definition) is 2. The molecule has 3 aromatic carbocycles. The summed E-state index contributed by atoms with van der Waals surface area (Å²) >= 11 is 6.07. The normalized spacial score (nSPS) is 10.3. The molecule has 0 atom stereocenters. The van der Waals surface area contributed by atoms with Crippen molar-refractivity contribution < 1.29 is 23.8 Å². The molecule has 0 aliphatic rings. The maximum atomic E-state index is 12.6. The Hall–Kier alpha value is -3.71. The van der Waals surface area contributed by atoms with Gasteiger partial charge in [-0.25, -0.2) is 0 Å². The van der Waals surface area contributed by atoms with Crippen LogP contribution in [0.15, 0.2) is 66.7 Å². The quantitative estimate of drug-likeness (QED) is 0.415. The van der Waals surface area contributed by atoms with E-state index in [0.29, 0.717) is 52.4 Å². The molecule has 3 rings (SSSR count). The van der Waals surface area contributed by atoms with Gasteiger partial charge in [-0.1, -0.05) is 41.9 Å². The summed E-state index contributed by atoms with van der Waals surface area (Å²) in [6.45, 7) is 4.13. The van der Waals surface area contributed by atoms with Crippen molar-refractivity contribution >= 4 is 34.8 Å². The Labute approximate surface area is 197 Å². The summed E-state index contributed by atoms with van der Waals surface area (Å²) < 4.78 is 16.9. The maximum Gasteiger partial charge on any atom is 0.262 e. The van der Waals surface area contributed by atoms with E-state index in [0.717, 1.165) is 0 Å². The van der Waals surface area contributed by atoms with E-state index in [1.807, 2.05) is 19.9 Å². The molecule has 0 aromatic heterocycles. The second-order valence-electron chi connectivity index (χ2n) is 6.80. The van der Waals surface area contributed by atoms with Crippen LogP contribution < -0.4 is 24.8 Å². The molecule has 3 aromatic rings. The molecule has 0 aliphatic carbocycles. The number of carbonyl (C=O) groups is 2. The molecule has 0 saturated heterocycles. The lowest BCUT2D eigenvalue weighted by Crippen LogP contribution is -2.21. The van der Waals surface area contributed by atoms with Gasteiger partial charge in [0.25, 0.3) is 11.8 Å². The van der Waals surface area contributed by atoms with Gasteiger partial charge in [0.05, 0.1) is 29.6 Å². The lowest BCUT2D eigenvalue weighted by atomic mass is 10.2. The number of anilines is 2. The minimum Gasteiger partial charge on any atom is -0.492 e. The molecule has 8 heteroatoms. The van der Waals surface area contributed by atoms with Gasteiger partial charge in [0.2, 0.25) is 0 Å². The van der Waals surface area contributed by atoms with Crippen molar-refractivity contribution in [2.45, 2.75) is 13.8 Å². The molecule has 2 N–H and O–H groups in total. The van der Waals surface area contributed by atoms with Crippen LogP contribution in [0.2, 0.25) is 5.02 Å². The van der Waals surface area contributed by atoms with Gasteiger partial charge in [0, 0.05) is 17.7 Å². The maximum absolute atomic E-state index is 12.6. The minimum absolute atomic E-state index is 0.244. The topological polar surface area (TPSA) is 85.9 Å². The van der Waals surface area contributed by atoms with E-state index < -0.39 is 5.91 Å². The molecule has 0 unspecified atom stereocenters. The van der Waals surface area contributed by atoms with E-state index in [1.54, 1.807) is 60.7 Å². The summed E-state index contributed by atoms with van der Waals surface area (Å²) in [4.78, 5) is 25.2. The molecule has 0 spiro atoms. The Bertz CT molecular complexity index is 1110. The molecule has 7 nitrogen and oxygen atoms in total. The van der Waals surface area contributed by atoms with E-state index in [1.165, 1.54) is 0 Å². The van der Waals surface area contributed by atoms with E-state index >= 15 is 0 Å². The van der Waals surface area contributed by atoms with E-state index in [9.17, 15) is 9.59 Å². The molecule has 2 amide bonds. The van der Waals surface area contributed by atoms with E-state index in [4.69, 9.17) is 25.8 Å². The molecular formula is C25H25ClN2O5. The van der Waals surface area contributed by atoms with Crippen molar-refractivity contribution in [3.8, 4) is 17.2 Å². The Morgan fingerprint density at radius 3 is 1.94 bits per heavy atom. The lowest BCUT2D eigenvalue weighted by molar-refractivity contribution is -0.118. The van der Waals surface area contributed by atoms with Crippen LogP contribution in [-0.4, -0.2) is 31.6 Å². The average molecular weight is 469 g/mol. The molecule has 0 bridgehead atoms. The van der Waals surface area contributed by atoms with Crippen molar-refractivity contribution in [2.24, 2.45) is 0 Å². The van der Waals surface area contributed by atoms with Gasteiger partial charge >= 0.3 is 0 Å². The first-order valence-electron chi connectivity index (χ1n) is 10.5. The predicted molar refractivity (Wildman–Crippen MR) is 129 cm³/mol. The van der Waals surface area contributed by atoms with Gasteiger partial charge in [0.1, 0.15) is 17.2 Å². The highest BCUT2D eigenvalue weighted by atomic mass is 35.5. The second-order valence-corrected chi connectivity index (χ2v) is 7.21. The molecule has 0 fully saturated rings. The second kappa shape index (κ2) is 11.8. The van der Waals surface area contributed by atoms with Crippen LogP contribution in [0.4, 0.5) is 11.4 Å². The third-order valence-electron chi connectivity index (χ3n) is 4.44. The number of ether oxygens (including phenoxy) is 3. The number of halogens is 1. The molecule has 0 saturated carbocycles. The fraction of sp³-hybridized carbons (Fsp3) is 0.200. The van der Waals surface area contributed by atoms with Crippen LogP contribution >= 0.6 is 11.6 Å².